The zero-order valence-corrected chi connectivity index (χ0v) is 4.71. The highest BCUT2D eigenvalue weighted by Gasteiger charge is 1.94. The molecule has 0 rings (SSSR count). The Balaban J connectivity index is 3.17. The van der Waals surface area contributed by atoms with E-state index in [-0.39, 0.29) is 12.9 Å². The van der Waals surface area contributed by atoms with Crippen LogP contribution in [0.3, 0.4) is 0 Å². The molecule has 0 aliphatic carbocycles. The van der Waals surface area contributed by atoms with E-state index in [0.29, 0.717) is 0 Å². The highest BCUT2D eigenvalue weighted by Crippen LogP contribution is 1.78. The van der Waals surface area contributed by atoms with Crippen LogP contribution >= 0.6 is 0 Å². The minimum Gasteiger partial charge on any atom is -0.460 e. The third-order valence-corrected chi connectivity index (χ3v) is 0.559. The second-order valence-corrected chi connectivity index (χ2v) is 1.20. The molecule has 0 unspecified atom stereocenters. The maximum absolute atomic E-state index is 11.1. The third-order valence-electron chi connectivity index (χ3n) is 0.559. The topological polar surface area (TPSA) is 46.5 Å². The lowest BCUT2D eigenvalue weighted by atomic mass is 10.6. The Bertz CT molecular complexity index is 111. The van der Waals surface area contributed by atoms with Gasteiger partial charge in [-0.1, -0.05) is 0 Å². The standard InChI is InChI=1S/C5H7FO3/c6-2-1-3-9-5(8)4-7/h1-2,7H,3-4H2. The molecule has 1 N–H and O–H groups in total. The molecule has 0 amide bonds. The first kappa shape index (κ1) is 8.10. The molecule has 0 spiro atoms. The van der Waals surface area contributed by atoms with Gasteiger partial charge in [0, 0.05) is 0 Å². The quantitative estimate of drug-likeness (QED) is 0.553. The molecule has 0 bridgehead atoms. The smallest absolute Gasteiger partial charge is 0.332 e. The van der Waals surface area contributed by atoms with Crippen LogP contribution in [0, 0.1) is 0 Å². The average Bonchev–Trinajstić information content (AvgIpc) is 1.89. The molecule has 4 heteroatoms. The van der Waals surface area contributed by atoms with Crippen molar-refractivity contribution in [3.8, 4) is 0 Å². The van der Waals surface area contributed by atoms with Gasteiger partial charge in [-0.25, -0.2) is 9.18 Å². The van der Waals surface area contributed by atoms with Crippen molar-refractivity contribution in [2.45, 2.75) is 0 Å². The maximum atomic E-state index is 11.1. The van der Waals surface area contributed by atoms with Crippen molar-refractivity contribution in [3.05, 3.63) is 12.4 Å². The van der Waals surface area contributed by atoms with E-state index in [1.54, 1.807) is 0 Å². The lowest BCUT2D eigenvalue weighted by molar-refractivity contribution is -0.145. The Labute approximate surface area is 51.7 Å². The summed E-state index contributed by atoms with van der Waals surface area (Å²) in [6.45, 7) is -0.796. The monoisotopic (exact) mass is 134 g/mol. The molecule has 0 radical (unpaired) electrons. The van der Waals surface area contributed by atoms with Crippen LogP contribution in [0.25, 0.3) is 0 Å². The van der Waals surface area contributed by atoms with Gasteiger partial charge in [0.2, 0.25) is 0 Å². The molecule has 9 heavy (non-hydrogen) atoms. The zero-order chi connectivity index (χ0) is 7.11. The van der Waals surface area contributed by atoms with Crippen molar-refractivity contribution in [1.82, 2.24) is 0 Å². The first-order valence-corrected chi connectivity index (χ1v) is 2.33. The van der Waals surface area contributed by atoms with Gasteiger partial charge in [0.1, 0.15) is 13.2 Å². The van der Waals surface area contributed by atoms with Crippen molar-refractivity contribution in [2.24, 2.45) is 0 Å². The fourth-order valence-electron chi connectivity index (χ4n) is 0.223. The summed E-state index contributed by atoms with van der Waals surface area (Å²) >= 11 is 0. The van der Waals surface area contributed by atoms with E-state index in [9.17, 15) is 9.18 Å². The van der Waals surface area contributed by atoms with Gasteiger partial charge in [0.05, 0.1) is 6.33 Å². The Morgan fingerprint density at radius 1 is 1.78 bits per heavy atom. The summed E-state index contributed by atoms with van der Waals surface area (Å²) in [5.41, 5.74) is 0. The van der Waals surface area contributed by atoms with Gasteiger partial charge >= 0.3 is 5.97 Å². The van der Waals surface area contributed by atoms with E-state index in [1.165, 1.54) is 0 Å². The molecule has 0 aromatic rings. The van der Waals surface area contributed by atoms with Crippen molar-refractivity contribution >= 4 is 5.97 Å². The fraction of sp³-hybridized carbons (Fsp3) is 0.400. The van der Waals surface area contributed by atoms with Crippen molar-refractivity contribution < 1.29 is 19.0 Å². The number of aliphatic hydroxyl groups is 1. The van der Waals surface area contributed by atoms with Gasteiger partial charge in [-0.2, -0.15) is 0 Å². The molecule has 0 saturated carbocycles. The first-order valence-electron chi connectivity index (χ1n) is 2.33. The average molecular weight is 134 g/mol. The Hall–Kier alpha value is -0.900. The minimum absolute atomic E-state index is 0.129. The maximum Gasteiger partial charge on any atom is 0.332 e. The number of aliphatic hydroxyl groups excluding tert-OH is 1. The fourth-order valence-corrected chi connectivity index (χ4v) is 0.223. The van der Waals surface area contributed by atoms with Crippen LogP contribution in [0.1, 0.15) is 0 Å². The van der Waals surface area contributed by atoms with Gasteiger partial charge in [0.15, 0.2) is 0 Å². The van der Waals surface area contributed by atoms with Gasteiger partial charge < -0.3 is 9.84 Å². The summed E-state index contributed by atoms with van der Waals surface area (Å²) in [6.07, 6.45) is 1.29. The molecular weight excluding hydrogens is 127 g/mol. The van der Waals surface area contributed by atoms with Crippen molar-refractivity contribution in [3.63, 3.8) is 0 Å². The summed E-state index contributed by atoms with van der Waals surface area (Å²) in [5.74, 6) is -0.756. The molecule has 0 aliphatic rings. The second kappa shape index (κ2) is 5.24. The Morgan fingerprint density at radius 3 is 2.89 bits per heavy atom. The second-order valence-electron chi connectivity index (χ2n) is 1.20. The van der Waals surface area contributed by atoms with E-state index >= 15 is 0 Å². The van der Waals surface area contributed by atoms with Gasteiger partial charge in [-0.15, -0.1) is 0 Å². The predicted molar refractivity (Wildman–Crippen MR) is 28.3 cm³/mol. The molecule has 0 aromatic heterocycles. The number of halogens is 1. The Kier molecular flexibility index (Phi) is 4.72. The van der Waals surface area contributed by atoms with Crippen molar-refractivity contribution in [2.75, 3.05) is 13.2 Å². The van der Waals surface area contributed by atoms with Gasteiger partial charge in [-0.3, -0.25) is 0 Å². The number of esters is 1. The van der Waals surface area contributed by atoms with Crippen LogP contribution in [0.2, 0.25) is 0 Å². The van der Waals surface area contributed by atoms with E-state index in [0.717, 1.165) is 6.08 Å². The van der Waals surface area contributed by atoms with Gasteiger partial charge in [-0.05, 0) is 6.08 Å². The minimum atomic E-state index is -0.756. The normalized spacial score (nSPS) is 10.0. The SMILES string of the molecule is O=C(CO)OCC=CF. The summed E-state index contributed by atoms with van der Waals surface area (Å²) in [7, 11) is 0. The van der Waals surface area contributed by atoms with Gasteiger partial charge in [0.25, 0.3) is 0 Å². The first-order chi connectivity index (χ1) is 4.31. The predicted octanol–water partition coefficient (Wildman–Crippen LogP) is 0.00510. The summed E-state index contributed by atoms with van der Waals surface area (Å²) in [6, 6.07) is 0. The third kappa shape index (κ3) is 4.96. The molecule has 0 heterocycles. The van der Waals surface area contributed by atoms with Crippen LogP contribution in [0.5, 0.6) is 0 Å². The van der Waals surface area contributed by atoms with E-state index < -0.39 is 12.6 Å². The number of carbonyl (C=O) groups is 1. The lowest BCUT2D eigenvalue weighted by Gasteiger charge is -1.94. The van der Waals surface area contributed by atoms with Crippen molar-refractivity contribution in [1.29, 1.82) is 0 Å². The Morgan fingerprint density at radius 2 is 2.44 bits per heavy atom. The van der Waals surface area contributed by atoms with Crippen LogP contribution in [0.15, 0.2) is 12.4 Å². The van der Waals surface area contributed by atoms with Crippen LogP contribution < -0.4 is 0 Å². The molecule has 0 saturated heterocycles. The molecule has 0 aromatic carbocycles. The van der Waals surface area contributed by atoms with Crippen LogP contribution in [-0.4, -0.2) is 24.3 Å². The largest absolute Gasteiger partial charge is 0.460 e. The molecule has 3 nitrogen and oxygen atoms in total. The highest BCUT2D eigenvalue weighted by molar-refractivity contribution is 5.70. The van der Waals surface area contributed by atoms with E-state index in [2.05, 4.69) is 4.74 Å². The van der Waals surface area contributed by atoms with Crippen LogP contribution in [0.4, 0.5) is 4.39 Å². The summed E-state index contributed by atoms with van der Waals surface area (Å²) in [4.78, 5) is 10.1. The zero-order valence-electron chi connectivity index (χ0n) is 4.71. The molecule has 0 fully saturated rings. The number of hydrogen-bond acceptors (Lipinski definition) is 3. The van der Waals surface area contributed by atoms with Crippen LogP contribution in [-0.2, 0) is 9.53 Å². The lowest BCUT2D eigenvalue weighted by Crippen LogP contribution is -2.08. The van der Waals surface area contributed by atoms with E-state index in [1.807, 2.05) is 0 Å². The number of hydrogen-bond donors (Lipinski definition) is 1. The highest BCUT2D eigenvalue weighted by atomic mass is 19.1. The van der Waals surface area contributed by atoms with E-state index in [4.69, 9.17) is 5.11 Å². The summed E-state index contributed by atoms with van der Waals surface area (Å²) < 4.78 is 15.3. The number of rotatable bonds is 3. The molecule has 0 atom stereocenters. The molecule has 0 aliphatic heterocycles. The molecular formula is C5H7FO3. The number of ether oxygens (including phenoxy) is 1. The number of carbonyl (C=O) groups excluding carboxylic acids is 1. The summed E-state index contributed by atoms with van der Waals surface area (Å²) in [5, 5.41) is 8.04. The molecule has 52 valence electrons.